The zero-order chi connectivity index (χ0) is 12.4. The topological polar surface area (TPSA) is 55.2 Å². The molecule has 2 aliphatic rings. The lowest BCUT2D eigenvalue weighted by molar-refractivity contribution is 0.0578. The average Bonchev–Trinajstić information content (AvgIpc) is 2.87. The van der Waals surface area contributed by atoms with Crippen LogP contribution in [0.5, 0.6) is 0 Å². The summed E-state index contributed by atoms with van der Waals surface area (Å²) in [6, 6.07) is 1.04. The van der Waals surface area contributed by atoms with Crippen molar-refractivity contribution in [3.63, 3.8) is 0 Å². The van der Waals surface area contributed by atoms with Gasteiger partial charge in [0.05, 0.1) is 19.8 Å². The molecule has 2 atom stereocenters. The lowest BCUT2D eigenvalue weighted by Crippen LogP contribution is -2.47. The number of ether oxygens (including phenoxy) is 1. The van der Waals surface area contributed by atoms with E-state index in [0.717, 1.165) is 51.6 Å². The Hall–Kier alpha value is -0.980. The highest BCUT2D eigenvalue weighted by Crippen LogP contribution is 2.16. The van der Waals surface area contributed by atoms with Crippen LogP contribution in [0.25, 0.3) is 0 Å². The van der Waals surface area contributed by atoms with Crippen molar-refractivity contribution in [3.05, 3.63) is 12.2 Å². The zero-order valence-corrected chi connectivity index (χ0v) is 10.9. The lowest BCUT2D eigenvalue weighted by Gasteiger charge is -2.35. The molecule has 1 fully saturated rings. The first-order valence-corrected chi connectivity index (χ1v) is 6.75. The molecular formula is C12H21N5O. The van der Waals surface area contributed by atoms with E-state index in [1.54, 1.807) is 0 Å². The number of nitrogens with zero attached hydrogens (tertiary/aromatic N) is 4. The highest BCUT2D eigenvalue weighted by atomic mass is 16.5. The number of hydrogen-bond donors (Lipinski definition) is 1. The van der Waals surface area contributed by atoms with Crippen molar-refractivity contribution < 1.29 is 4.74 Å². The van der Waals surface area contributed by atoms with Crippen LogP contribution in [0.3, 0.4) is 0 Å². The summed E-state index contributed by atoms with van der Waals surface area (Å²) in [5, 5.41) is 11.7. The molecule has 2 unspecified atom stereocenters. The van der Waals surface area contributed by atoms with Crippen LogP contribution >= 0.6 is 0 Å². The van der Waals surface area contributed by atoms with Gasteiger partial charge >= 0.3 is 0 Å². The van der Waals surface area contributed by atoms with E-state index in [9.17, 15) is 0 Å². The second-order valence-electron chi connectivity index (χ2n) is 5.22. The van der Waals surface area contributed by atoms with Gasteiger partial charge in [0.25, 0.3) is 0 Å². The molecule has 0 spiro atoms. The third kappa shape index (κ3) is 2.55. The van der Waals surface area contributed by atoms with Crippen molar-refractivity contribution in [2.75, 3.05) is 26.3 Å². The largest absolute Gasteiger partial charge is 0.379 e. The number of rotatable bonds is 3. The molecule has 6 nitrogen and oxygen atoms in total. The molecule has 18 heavy (non-hydrogen) atoms. The summed E-state index contributed by atoms with van der Waals surface area (Å²) in [4.78, 5) is 2.49. The molecule has 3 heterocycles. The molecule has 3 rings (SSSR count). The van der Waals surface area contributed by atoms with Crippen molar-refractivity contribution in [3.8, 4) is 0 Å². The minimum absolute atomic E-state index is 0.494. The Morgan fingerprint density at radius 2 is 2.50 bits per heavy atom. The molecule has 100 valence electrons. The van der Waals surface area contributed by atoms with Gasteiger partial charge in [-0.2, -0.15) is 0 Å². The fourth-order valence-corrected chi connectivity index (χ4v) is 2.79. The summed E-state index contributed by atoms with van der Waals surface area (Å²) in [5.41, 5.74) is 0. The molecule has 1 N–H and O–H groups in total. The van der Waals surface area contributed by atoms with Crippen LogP contribution in [-0.2, 0) is 17.8 Å². The molecule has 0 saturated carbocycles. The first kappa shape index (κ1) is 12.1. The summed E-state index contributed by atoms with van der Waals surface area (Å²) >= 11 is 0. The predicted octanol–water partition coefficient (Wildman–Crippen LogP) is -0.139. The van der Waals surface area contributed by atoms with Gasteiger partial charge in [0.1, 0.15) is 12.2 Å². The Bertz CT molecular complexity index is 388. The van der Waals surface area contributed by atoms with Crippen LogP contribution in [-0.4, -0.2) is 58.1 Å². The molecule has 0 radical (unpaired) electrons. The fourth-order valence-electron chi connectivity index (χ4n) is 2.79. The molecule has 6 heteroatoms. The molecule has 0 aliphatic carbocycles. The average molecular weight is 251 g/mol. The highest BCUT2D eigenvalue weighted by molar-refractivity contribution is 4.91. The van der Waals surface area contributed by atoms with E-state index in [2.05, 4.69) is 31.9 Å². The summed E-state index contributed by atoms with van der Waals surface area (Å²) < 4.78 is 7.65. The molecule has 0 amide bonds. The van der Waals surface area contributed by atoms with E-state index in [-0.39, 0.29) is 0 Å². The first-order valence-electron chi connectivity index (χ1n) is 6.75. The molecule has 1 aromatic heterocycles. The summed E-state index contributed by atoms with van der Waals surface area (Å²) in [6.07, 6.45) is 2.96. The van der Waals surface area contributed by atoms with Crippen molar-refractivity contribution >= 4 is 0 Å². The minimum Gasteiger partial charge on any atom is -0.379 e. The number of nitrogens with one attached hydrogen (secondary N) is 1. The second kappa shape index (κ2) is 5.34. The van der Waals surface area contributed by atoms with E-state index in [4.69, 9.17) is 4.74 Å². The van der Waals surface area contributed by atoms with Crippen molar-refractivity contribution in [1.29, 1.82) is 0 Å². The Kier molecular flexibility index (Phi) is 3.58. The van der Waals surface area contributed by atoms with Crippen LogP contribution in [0, 0.1) is 0 Å². The normalized spacial score (nSPS) is 26.8. The SMILES string of the molecule is CC(CC1COCCN1)N1CCn2cnnc2C1. The van der Waals surface area contributed by atoms with Crippen LogP contribution in [0.4, 0.5) is 0 Å². The molecule has 1 saturated heterocycles. The van der Waals surface area contributed by atoms with Crippen molar-refractivity contribution in [2.24, 2.45) is 0 Å². The number of morpholine rings is 1. The summed E-state index contributed by atoms with van der Waals surface area (Å²) in [5.74, 6) is 1.08. The van der Waals surface area contributed by atoms with Gasteiger partial charge in [-0.05, 0) is 13.3 Å². The van der Waals surface area contributed by atoms with Gasteiger partial charge in [0, 0.05) is 31.7 Å². The number of aromatic nitrogens is 3. The Balaban J connectivity index is 1.55. The van der Waals surface area contributed by atoms with E-state index in [1.807, 2.05) is 6.33 Å². The van der Waals surface area contributed by atoms with Gasteiger partial charge in [-0.1, -0.05) is 0 Å². The Morgan fingerprint density at radius 3 is 3.33 bits per heavy atom. The standard InChI is InChI=1S/C12H21N5O/c1-10(6-11-8-18-5-2-13-11)16-3-4-17-9-14-15-12(17)7-16/h9-11,13H,2-8H2,1H3. The van der Waals surface area contributed by atoms with Crippen molar-refractivity contribution in [2.45, 2.75) is 38.5 Å². The van der Waals surface area contributed by atoms with Crippen LogP contribution in [0.15, 0.2) is 6.33 Å². The second-order valence-corrected chi connectivity index (χ2v) is 5.22. The molecule has 1 aromatic rings. The van der Waals surface area contributed by atoms with E-state index in [1.165, 1.54) is 0 Å². The van der Waals surface area contributed by atoms with Crippen molar-refractivity contribution in [1.82, 2.24) is 25.0 Å². The first-order chi connectivity index (χ1) is 8.83. The quantitative estimate of drug-likeness (QED) is 0.810. The molecule has 0 aromatic carbocycles. The monoisotopic (exact) mass is 251 g/mol. The van der Waals surface area contributed by atoms with Gasteiger partial charge in [-0.3, -0.25) is 4.90 Å². The van der Waals surface area contributed by atoms with E-state index < -0.39 is 0 Å². The maximum atomic E-state index is 5.51. The molecular weight excluding hydrogens is 230 g/mol. The maximum Gasteiger partial charge on any atom is 0.147 e. The van der Waals surface area contributed by atoms with Gasteiger partial charge in [-0.15, -0.1) is 10.2 Å². The maximum absolute atomic E-state index is 5.51. The summed E-state index contributed by atoms with van der Waals surface area (Å²) in [7, 11) is 0. The van der Waals surface area contributed by atoms with E-state index in [0.29, 0.717) is 12.1 Å². The minimum atomic E-state index is 0.494. The van der Waals surface area contributed by atoms with Gasteiger partial charge in [0.2, 0.25) is 0 Å². The van der Waals surface area contributed by atoms with Gasteiger partial charge < -0.3 is 14.6 Å². The fraction of sp³-hybridized carbons (Fsp3) is 0.833. The third-order valence-corrected chi connectivity index (χ3v) is 3.92. The molecule has 0 bridgehead atoms. The Morgan fingerprint density at radius 1 is 1.56 bits per heavy atom. The van der Waals surface area contributed by atoms with Crippen LogP contribution in [0.2, 0.25) is 0 Å². The van der Waals surface area contributed by atoms with Crippen LogP contribution < -0.4 is 5.32 Å². The lowest BCUT2D eigenvalue weighted by atomic mass is 10.1. The molecule has 2 aliphatic heterocycles. The number of hydrogen-bond acceptors (Lipinski definition) is 5. The smallest absolute Gasteiger partial charge is 0.147 e. The van der Waals surface area contributed by atoms with Gasteiger partial charge in [-0.25, -0.2) is 0 Å². The summed E-state index contributed by atoms with van der Waals surface area (Å²) in [6.45, 7) is 7.95. The highest BCUT2D eigenvalue weighted by Gasteiger charge is 2.24. The number of fused-ring (bicyclic) bond motifs is 1. The predicted molar refractivity (Wildman–Crippen MR) is 67.1 cm³/mol. The van der Waals surface area contributed by atoms with E-state index >= 15 is 0 Å². The third-order valence-electron chi connectivity index (χ3n) is 3.92. The van der Waals surface area contributed by atoms with Crippen LogP contribution in [0.1, 0.15) is 19.2 Å². The van der Waals surface area contributed by atoms with Gasteiger partial charge in [0.15, 0.2) is 0 Å². The zero-order valence-electron chi connectivity index (χ0n) is 10.9. The Labute approximate surface area is 107 Å².